The maximum Gasteiger partial charge on any atom is 0.119 e. The number of halogens is 1. The molecular formula is C11H15ClO. The summed E-state index contributed by atoms with van der Waals surface area (Å²) in [5, 5.41) is 0.746. The highest BCUT2D eigenvalue weighted by Gasteiger charge is 1.99. The van der Waals surface area contributed by atoms with E-state index in [2.05, 4.69) is 13.8 Å². The van der Waals surface area contributed by atoms with E-state index in [1.807, 2.05) is 24.3 Å². The van der Waals surface area contributed by atoms with Crippen LogP contribution in [0.3, 0.4) is 0 Å². The van der Waals surface area contributed by atoms with Gasteiger partial charge in [-0.2, -0.15) is 0 Å². The molecule has 0 unspecified atom stereocenters. The first-order valence-corrected chi connectivity index (χ1v) is 4.98. The third-order valence-electron chi connectivity index (χ3n) is 2.05. The zero-order chi connectivity index (χ0) is 9.68. The Labute approximate surface area is 84.7 Å². The summed E-state index contributed by atoms with van der Waals surface area (Å²) in [5.74, 6) is 1.50. The molecule has 0 saturated heterocycles. The quantitative estimate of drug-likeness (QED) is 0.716. The fourth-order valence-corrected chi connectivity index (χ4v) is 1.01. The summed E-state index contributed by atoms with van der Waals surface area (Å²) >= 11 is 5.75. The Balaban J connectivity index is 2.41. The van der Waals surface area contributed by atoms with Crippen molar-refractivity contribution in [2.45, 2.75) is 20.3 Å². The summed E-state index contributed by atoms with van der Waals surface area (Å²) in [6.07, 6.45) is 1.15. The number of hydrogen-bond acceptors (Lipinski definition) is 1. The lowest BCUT2D eigenvalue weighted by molar-refractivity contribution is 0.256. The normalized spacial score (nSPS) is 12.5. The molecule has 72 valence electrons. The van der Waals surface area contributed by atoms with E-state index < -0.39 is 0 Å². The summed E-state index contributed by atoms with van der Waals surface area (Å²) in [6, 6.07) is 7.47. The minimum atomic E-state index is 0.607. The summed E-state index contributed by atoms with van der Waals surface area (Å²) in [5.41, 5.74) is 0. The molecule has 1 atom stereocenters. The van der Waals surface area contributed by atoms with E-state index in [-0.39, 0.29) is 0 Å². The van der Waals surface area contributed by atoms with Crippen LogP contribution in [0.25, 0.3) is 0 Å². The number of ether oxygens (including phenoxy) is 1. The monoisotopic (exact) mass is 198 g/mol. The van der Waals surface area contributed by atoms with E-state index in [1.165, 1.54) is 0 Å². The smallest absolute Gasteiger partial charge is 0.119 e. The Morgan fingerprint density at radius 1 is 1.31 bits per heavy atom. The average Bonchev–Trinajstić information content (AvgIpc) is 2.16. The van der Waals surface area contributed by atoms with Crippen molar-refractivity contribution in [3.8, 4) is 5.75 Å². The van der Waals surface area contributed by atoms with Crippen molar-refractivity contribution in [3.63, 3.8) is 0 Å². The van der Waals surface area contributed by atoms with Gasteiger partial charge >= 0.3 is 0 Å². The Morgan fingerprint density at radius 3 is 2.46 bits per heavy atom. The van der Waals surface area contributed by atoms with Gasteiger partial charge in [-0.05, 0) is 30.2 Å². The van der Waals surface area contributed by atoms with Gasteiger partial charge in [0.1, 0.15) is 5.75 Å². The lowest BCUT2D eigenvalue weighted by Gasteiger charge is -2.10. The molecule has 1 rings (SSSR count). The fourth-order valence-electron chi connectivity index (χ4n) is 0.887. The van der Waals surface area contributed by atoms with Crippen molar-refractivity contribution in [1.82, 2.24) is 0 Å². The van der Waals surface area contributed by atoms with Gasteiger partial charge in [0.05, 0.1) is 6.61 Å². The van der Waals surface area contributed by atoms with Gasteiger partial charge in [0.25, 0.3) is 0 Å². The molecular weight excluding hydrogens is 184 g/mol. The molecule has 1 nitrogen and oxygen atoms in total. The van der Waals surface area contributed by atoms with Crippen LogP contribution in [-0.4, -0.2) is 6.61 Å². The Bertz CT molecular complexity index is 243. The lowest BCUT2D eigenvalue weighted by atomic mass is 10.1. The summed E-state index contributed by atoms with van der Waals surface area (Å²) < 4.78 is 5.56. The summed E-state index contributed by atoms with van der Waals surface area (Å²) in [6.45, 7) is 5.12. The zero-order valence-electron chi connectivity index (χ0n) is 8.09. The van der Waals surface area contributed by atoms with Crippen LogP contribution < -0.4 is 4.74 Å². The highest BCUT2D eigenvalue weighted by molar-refractivity contribution is 6.30. The van der Waals surface area contributed by atoms with Gasteiger partial charge in [0.15, 0.2) is 0 Å². The van der Waals surface area contributed by atoms with Gasteiger partial charge in [0, 0.05) is 5.02 Å². The molecule has 2 heteroatoms. The Morgan fingerprint density at radius 2 is 1.92 bits per heavy atom. The second kappa shape index (κ2) is 5.13. The van der Waals surface area contributed by atoms with Crippen LogP contribution >= 0.6 is 11.6 Å². The van der Waals surface area contributed by atoms with Crippen molar-refractivity contribution < 1.29 is 4.74 Å². The minimum Gasteiger partial charge on any atom is -0.493 e. The van der Waals surface area contributed by atoms with Crippen LogP contribution in [0.1, 0.15) is 20.3 Å². The van der Waals surface area contributed by atoms with E-state index in [0.717, 1.165) is 23.8 Å². The van der Waals surface area contributed by atoms with E-state index in [9.17, 15) is 0 Å². The molecule has 0 fully saturated rings. The second-order valence-corrected chi connectivity index (χ2v) is 3.71. The lowest BCUT2D eigenvalue weighted by Crippen LogP contribution is -2.06. The highest BCUT2D eigenvalue weighted by Crippen LogP contribution is 2.16. The predicted molar refractivity (Wildman–Crippen MR) is 56.4 cm³/mol. The SMILES string of the molecule is CC[C@H](C)COc1ccc(Cl)cc1. The molecule has 0 spiro atoms. The van der Waals surface area contributed by atoms with Crippen LogP contribution in [0.4, 0.5) is 0 Å². The Hall–Kier alpha value is -0.690. The van der Waals surface area contributed by atoms with Crippen LogP contribution in [0.5, 0.6) is 5.75 Å². The third kappa shape index (κ3) is 3.69. The van der Waals surface area contributed by atoms with Crippen molar-refractivity contribution >= 4 is 11.6 Å². The molecule has 1 aromatic carbocycles. The third-order valence-corrected chi connectivity index (χ3v) is 2.30. The standard InChI is InChI=1S/C11H15ClO/c1-3-9(2)8-13-11-6-4-10(12)5-7-11/h4-7,9H,3,8H2,1-2H3/t9-/m0/s1. The van der Waals surface area contributed by atoms with E-state index >= 15 is 0 Å². The highest BCUT2D eigenvalue weighted by atomic mass is 35.5. The van der Waals surface area contributed by atoms with E-state index in [1.54, 1.807) is 0 Å². The van der Waals surface area contributed by atoms with Gasteiger partial charge in [0.2, 0.25) is 0 Å². The first-order valence-electron chi connectivity index (χ1n) is 4.60. The molecule has 1 aromatic rings. The van der Waals surface area contributed by atoms with Crippen LogP contribution in [0, 0.1) is 5.92 Å². The Kier molecular flexibility index (Phi) is 4.10. The van der Waals surface area contributed by atoms with Gasteiger partial charge in [-0.3, -0.25) is 0 Å². The zero-order valence-corrected chi connectivity index (χ0v) is 8.84. The molecule has 0 radical (unpaired) electrons. The van der Waals surface area contributed by atoms with Crippen LogP contribution in [-0.2, 0) is 0 Å². The number of rotatable bonds is 4. The van der Waals surface area contributed by atoms with Crippen molar-refractivity contribution in [3.05, 3.63) is 29.3 Å². The van der Waals surface area contributed by atoms with Gasteiger partial charge in [-0.15, -0.1) is 0 Å². The van der Waals surface area contributed by atoms with Crippen molar-refractivity contribution in [1.29, 1.82) is 0 Å². The van der Waals surface area contributed by atoms with Crippen LogP contribution in [0.2, 0.25) is 5.02 Å². The first kappa shape index (κ1) is 10.4. The molecule has 0 aliphatic carbocycles. The van der Waals surface area contributed by atoms with Gasteiger partial charge < -0.3 is 4.74 Å². The van der Waals surface area contributed by atoms with Gasteiger partial charge in [-0.1, -0.05) is 31.9 Å². The van der Waals surface area contributed by atoms with Crippen molar-refractivity contribution in [2.24, 2.45) is 5.92 Å². The first-order chi connectivity index (χ1) is 6.22. The molecule has 0 aromatic heterocycles. The molecule has 0 aliphatic rings. The number of benzene rings is 1. The average molecular weight is 199 g/mol. The molecule has 0 saturated carbocycles. The largest absolute Gasteiger partial charge is 0.493 e. The fraction of sp³-hybridized carbons (Fsp3) is 0.455. The maximum atomic E-state index is 5.75. The molecule has 0 aliphatic heterocycles. The van der Waals surface area contributed by atoms with Gasteiger partial charge in [-0.25, -0.2) is 0 Å². The molecule has 0 N–H and O–H groups in total. The maximum absolute atomic E-state index is 5.75. The minimum absolute atomic E-state index is 0.607. The molecule has 0 amide bonds. The topological polar surface area (TPSA) is 9.23 Å². The van der Waals surface area contributed by atoms with Crippen LogP contribution in [0.15, 0.2) is 24.3 Å². The van der Waals surface area contributed by atoms with Crippen molar-refractivity contribution in [2.75, 3.05) is 6.61 Å². The molecule has 13 heavy (non-hydrogen) atoms. The van der Waals surface area contributed by atoms with E-state index in [0.29, 0.717) is 5.92 Å². The van der Waals surface area contributed by atoms with E-state index in [4.69, 9.17) is 16.3 Å². The second-order valence-electron chi connectivity index (χ2n) is 3.28. The predicted octanol–water partition coefficient (Wildman–Crippen LogP) is 3.76. The summed E-state index contributed by atoms with van der Waals surface area (Å²) in [4.78, 5) is 0. The number of hydrogen-bond donors (Lipinski definition) is 0. The molecule has 0 bridgehead atoms. The molecule has 0 heterocycles. The summed E-state index contributed by atoms with van der Waals surface area (Å²) in [7, 11) is 0.